The van der Waals surface area contributed by atoms with Crippen molar-refractivity contribution in [1.29, 1.82) is 0 Å². The molecule has 0 amide bonds. The molecule has 10 aromatic rings. The summed E-state index contributed by atoms with van der Waals surface area (Å²) in [6, 6.07) is 71.2. The molecule has 50 heavy (non-hydrogen) atoms. The molecule has 0 bridgehead atoms. The minimum absolute atomic E-state index is 1.22. The van der Waals surface area contributed by atoms with E-state index >= 15 is 0 Å². The van der Waals surface area contributed by atoms with E-state index in [4.69, 9.17) is 0 Å². The van der Waals surface area contributed by atoms with Crippen molar-refractivity contribution in [2.45, 2.75) is 0 Å². The van der Waals surface area contributed by atoms with Crippen molar-refractivity contribution in [3.8, 4) is 44.5 Å². The fourth-order valence-corrected chi connectivity index (χ4v) is 8.23. The zero-order valence-corrected chi connectivity index (χ0v) is 27.5. The lowest BCUT2D eigenvalue weighted by Crippen LogP contribution is -1.93. The first-order chi connectivity index (χ1) is 24.8. The van der Waals surface area contributed by atoms with Crippen molar-refractivity contribution < 1.29 is 0 Å². The van der Waals surface area contributed by atoms with Gasteiger partial charge in [0.2, 0.25) is 0 Å². The highest BCUT2D eigenvalue weighted by atomic mass is 14.2. The molecule has 0 heterocycles. The van der Waals surface area contributed by atoms with Gasteiger partial charge in [0.1, 0.15) is 0 Å². The minimum Gasteiger partial charge on any atom is -0.0622 e. The maximum absolute atomic E-state index is 2.36. The monoisotopic (exact) mass is 632 g/mol. The Hall–Kier alpha value is -6.50. The molecule has 0 aromatic heterocycles. The van der Waals surface area contributed by atoms with Gasteiger partial charge in [-0.3, -0.25) is 0 Å². The lowest BCUT2D eigenvalue weighted by molar-refractivity contribution is 1.60. The number of hydrogen-bond acceptors (Lipinski definition) is 0. The second kappa shape index (κ2) is 11.6. The molecule has 0 aliphatic carbocycles. The molecule has 0 nitrogen and oxygen atoms in total. The van der Waals surface area contributed by atoms with Crippen LogP contribution in [0, 0.1) is 0 Å². The Morgan fingerprint density at radius 3 is 1.28 bits per heavy atom. The summed E-state index contributed by atoms with van der Waals surface area (Å²) in [6.07, 6.45) is 0. The molecule has 0 unspecified atom stereocenters. The lowest BCUT2D eigenvalue weighted by atomic mass is 9.83. The average molecular weight is 633 g/mol. The molecule has 232 valence electrons. The maximum atomic E-state index is 2.36. The molecule has 0 aliphatic rings. The Kier molecular flexibility index (Phi) is 6.60. The summed E-state index contributed by atoms with van der Waals surface area (Å²) in [6.45, 7) is 0. The van der Waals surface area contributed by atoms with Crippen LogP contribution in [0.15, 0.2) is 194 Å². The minimum atomic E-state index is 1.22. The molecule has 10 aromatic carbocycles. The van der Waals surface area contributed by atoms with Gasteiger partial charge in [-0.2, -0.15) is 0 Å². The van der Waals surface area contributed by atoms with Crippen molar-refractivity contribution in [3.05, 3.63) is 194 Å². The second-order valence-electron chi connectivity index (χ2n) is 13.2. The largest absolute Gasteiger partial charge is 0.0622 e. The van der Waals surface area contributed by atoms with Gasteiger partial charge in [0, 0.05) is 0 Å². The van der Waals surface area contributed by atoms with Crippen molar-refractivity contribution in [3.63, 3.8) is 0 Å². The van der Waals surface area contributed by atoms with Crippen LogP contribution in [0.25, 0.3) is 98.4 Å². The number of benzene rings is 10. The van der Waals surface area contributed by atoms with E-state index in [9.17, 15) is 0 Å². The van der Waals surface area contributed by atoms with Gasteiger partial charge >= 0.3 is 0 Å². The molecular formula is C50H32. The Morgan fingerprint density at radius 1 is 0.200 bits per heavy atom. The van der Waals surface area contributed by atoms with Gasteiger partial charge in [0.15, 0.2) is 0 Å². The molecule has 0 radical (unpaired) electrons. The summed E-state index contributed by atoms with van der Waals surface area (Å²) in [7, 11) is 0. The van der Waals surface area contributed by atoms with Crippen molar-refractivity contribution in [2.75, 3.05) is 0 Å². The molecule has 0 saturated carbocycles. The lowest BCUT2D eigenvalue weighted by Gasteiger charge is -2.20. The van der Waals surface area contributed by atoms with Crippen molar-refractivity contribution in [1.82, 2.24) is 0 Å². The van der Waals surface area contributed by atoms with Crippen LogP contribution in [0.1, 0.15) is 0 Å². The van der Waals surface area contributed by atoms with Crippen LogP contribution >= 0.6 is 0 Å². The normalized spacial score (nSPS) is 11.6. The predicted octanol–water partition coefficient (Wildman–Crippen LogP) is 14.1. The van der Waals surface area contributed by atoms with Crippen molar-refractivity contribution >= 4 is 53.9 Å². The molecule has 0 spiro atoms. The topological polar surface area (TPSA) is 0 Å². The highest BCUT2D eigenvalue weighted by molar-refractivity contribution is 6.23. The first-order valence-electron chi connectivity index (χ1n) is 17.4. The Morgan fingerprint density at radius 2 is 0.640 bits per heavy atom. The van der Waals surface area contributed by atoms with E-state index in [0.717, 1.165) is 0 Å². The third-order valence-electron chi connectivity index (χ3n) is 10.4. The van der Waals surface area contributed by atoms with Crippen LogP contribution in [-0.2, 0) is 0 Å². The summed E-state index contributed by atoms with van der Waals surface area (Å²) in [4.78, 5) is 0. The van der Waals surface area contributed by atoms with E-state index in [2.05, 4.69) is 194 Å². The van der Waals surface area contributed by atoms with Crippen LogP contribution in [-0.4, -0.2) is 0 Å². The maximum Gasteiger partial charge on any atom is -0.00201 e. The van der Waals surface area contributed by atoms with Gasteiger partial charge < -0.3 is 0 Å². The Balaban J connectivity index is 1.21. The van der Waals surface area contributed by atoms with E-state index < -0.39 is 0 Å². The van der Waals surface area contributed by atoms with Gasteiger partial charge in [0.25, 0.3) is 0 Å². The van der Waals surface area contributed by atoms with Gasteiger partial charge in [-0.15, -0.1) is 0 Å². The number of fused-ring (bicyclic) bond motifs is 6. The van der Waals surface area contributed by atoms with Crippen LogP contribution in [0.2, 0.25) is 0 Å². The fraction of sp³-hybridized carbons (Fsp3) is 0. The SMILES string of the molecule is c1ccc(-c2ccccc2-c2c3ccccc3c(-c3ccc(-c4c5ccccc5cc5c4ccc4ccccc45)cc3)c3ccccc23)cc1. The summed E-state index contributed by atoms with van der Waals surface area (Å²) in [5, 5.41) is 12.7. The van der Waals surface area contributed by atoms with E-state index in [0.29, 0.717) is 0 Å². The molecule has 0 heteroatoms. The molecular weight excluding hydrogens is 601 g/mol. The molecule has 0 atom stereocenters. The smallest absolute Gasteiger partial charge is 0.00201 e. The second-order valence-corrected chi connectivity index (χ2v) is 13.2. The summed E-state index contributed by atoms with van der Waals surface area (Å²) in [5.74, 6) is 0. The Labute approximate surface area is 291 Å². The van der Waals surface area contributed by atoms with Gasteiger partial charge in [-0.05, 0) is 104 Å². The van der Waals surface area contributed by atoms with Crippen LogP contribution in [0.4, 0.5) is 0 Å². The third-order valence-corrected chi connectivity index (χ3v) is 10.4. The van der Waals surface area contributed by atoms with Crippen molar-refractivity contribution in [2.24, 2.45) is 0 Å². The quantitative estimate of drug-likeness (QED) is 0.134. The zero-order valence-electron chi connectivity index (χ0n) is 27.5. The summed E-state index contributed by atoms with van der Waals surface area (Å²) < 4.78 is 0. The fourth-order valence-electron chi connectivity index (χ4n) is 8.23. The first-order valence-corrected chi connectivity index (χ1v) is 17.4. The van der Waals surface area contributed by atoms with E-state index in [1.54, 1.807) is 0 Å². The molecule has 0 saturated heterocycles. The van der Waals surface area contributed by atoms with Crippen LogP contribution in [0.5, 0.6) is 0 Å². The van der Waals surface area contributed by atoms with E-state index in [1.165, 1.54) is 98.4 Å². The molecule has 0 aliphatic heterocycles. The number of hydrogen-bond donors (Lipinski definition) is 0. The van der Waals surface area contributed by atoms with Gasteiger partial charge in [-0.25, -0.2) is 0 Å². The molecule has 0 fully saturated rings. The first kappa shape index (κ1) is 28.5. The van der Waals surface area contributed by atoms with E-state index in [-0.39, 0.29) is 0 Å². The summed E-state index contributed by atoms with van der Waals surface area (Å²) in [5.41, 5.74) is 10.0. The standard InChI is InChI=1S/C50H32/c1-2-14-33(15-3-1)38-18-8-9-21-41(38)50-44-24-12-10-22-42(44)49(43-23-11-13-25-45(43)50)36-28-26-35(27-29-36)48-40-20-7-5-17-37(40)32-47-39-19-6-4-16-34(39)30-31-46(47)48/h1-32H. The Bertz CT molecular complexity index is 2840. The van der Waals surface area contributed by atoms with Gasteiger partial charge in [0.05, 0.1) is 0 Å². The van der Waals surface area contributed by atoms with E-state index in [1.807, 2.05) is 0 Å². The average Bonchev–Trinajstić information content (AvgIpc) is 3.19. The third kappa shape index (κ3) is 4.46. The van der Waals surface area contributed by atoms with Crippen LogP contribution < -0.4 is 0 Å². The number of rotatable bonds is 4. The molecule has 10 rings (SSSR count). The molecule has 0 N–H and O–H groups in total. The predicted molar refractivity (Wildman–Crippen MR) is 216 cm³/mol. The zero-order chi connectivity index (χ0) is 33.0. The highest BCUT2D eigenvalue weighted by Gasteiger charge is 2.19. The highest BCUT2D eigenvalue weighted by Crippen LogP contribution is 2.47. The van der Waals surface area contributed by atoms with Crippen LogP contribution in [0.3, 0.4) is 0 Å². The summed E-state index contributed by atoms with van der Waals surface area (Å²) >= 11 is 0. The van der Waals surface area contributed by atoms with Gasteiger partial charge in [-0.1, -0.05) is 188 Å².